The van der Waals surface area contributed by atoms with Crippen molar-refractivity contribution in [2.75, 3.05) is 37.8 Å². The normalized spacial score (nSPS) is 10.7. The predicted octanol–water partition coefficient (Wildman–Crippen LogP) is 2.38. The van der Waals surface area contributed by atoms with Crippen molar-refractivity contribution < 1.29 is 4.39 Å². The van der Waals surface area contributed by atoms with Gasteiger partial charge in [-0.3, -0.25) is 0 Å². The van der Waals surface area contributed by atoms with Gasteiger partial charge in [0.05, 0.1) is 11.2 Å². The Hall–Kier alpha value is -1.99. The first-order valence-electron chi connectivity index (χ1n) is 6.35. The molecule has 2 aromatic rings. The highest BCUT2D eigenvalue weighted by atomic mass is 35.5. The predicted molar refractivity (Wildman–Crippen MR) is 81.6 cm³/mol. The van der Waals surface area contributed by atoms with Gasteiger partial charge in [0.1, 0.15) is 5.82 Å². The molecule has 1 aromatic carbocycles. The van der Waals surface area contributed by atoms with Crippen molar-refractivity contribution in [3.05, 3.63) is 35.2 Å². The summed E-state index contributed by atoms with van der Waals surface area (Å²) in [6.45, 7) is 1.56. The minimum Gasteiger partial charge on any atom is -0.352 e. The SMILES string of the molecule is CN(C)CCNc1nncc(Nc2ccc(F)c(Cl)c2)n1. The Morgan fingerprint density at radius 1 is 1.33 bits per heavy atom. The van der Waals surface area contributed by atoms with Gasteiger partial charge in [-0.1, -0.05) is 11.6 Å². The summed E-state index contributed by atoms with van der Waals surface area (Å²) < 4.78 is 13.1. The summed E-state index contributed by atoms with van der Waals surface area (Å²) in [5.74, 6) is 0.462. The van der Waals surface area contributed by atoms with Crippen LogP contribution in [0.1, 0.15) is 0 Å². The van der Waals surface area contributed by atoms with E-state index < -0.39 is 5.82 Å². The van der Waals surface area contributed by atoms with Crippen molar-refractivity contribution >= 4 is 29.1 Å². The Balaban J connectivity index is 2.01. The second kappa shape index (κ2) is 7.14. The van der Waals surface area contributed by atoms with Crippen LogP contribution >= 0.6 is 11.6 Å². The molecule has 0 spiro atoms. The fourth-order valence-electron chi connectivity index (χ4n) is 1.55. The van der Waals surface area contributed by atoms with E-state index in [2.05, 4.69) is 25.8 Å². The Morgan fingerprint density at radius 3 is 2.86 bits per heavy atom. The highest BCUT2D eigenvalue weighted by Gasteiger charge is 2.04. The van der Waals surface area contributed by atoms with Crippen LogP contribution in [0.2, 0.25) is 5.02 Å². The lowest BCUT2D eigenvalue weighted by atomic mass is 10.3. The smallest absolute Gasteiger partial charge is 0.244 e. The van der Waals surface area contributed by atoms with Gasteiger partial charge >= 0.3 is 0 Å². The van der Waals surface area contributed by atoms with Crippen molar-refractivity contribution in [1.82, 2.24) is 20.1 Å². The van der Waals surface area contributed by atoms with Crippen molar-refractivity contribution in [1.29, 1.82) is 0 Å². The lowest BCUT2D eigenvalue weighted by molar-refractivity contribution is 0.425. The summed E-state index contributed by atoms with van der Waals surface area (Å²) in [5, 5.41) is 13.9. The van der Waals surface area contributed by atoms with Gasteiger partial charge in [-0.2, -0.15) is 10.1 Å². The molecule has 8 heteroatoms. The van der Waals surface area contributed by atoms with Gasteiger partial charge in [0.15, 0.2) is 5.82 Å². The zero-order valence-electron chi connectivity index (χ0n) is 11.8. The molecule has 0 fully saturated rings. The van der Waals surface area contributed by atoms with Crippen LogP contribution in [0, 0.1) is 5.82 Å². The van der Waals surface area contributed by atoms with Crippen LogP contribution in [0.5, 0.6) is 0 Å². The topological polar surface area (TPSA) is 66.0 Å². The minimum absolute atomic E-state index is 0.0475. The number of rotatable bonds is 6. The van der Waals surface area contributed by atoms with Gasteiger partial charge in [0.25, 0.3) is 0 Å². The molecule has 6 nitrogen and oxygen atoms in total. The van der Waals surface area contributed by atoms with Crippen molar-refractivity contribution in [2.24, 2.45) is 0 Å². The molecule has 0 saturated carbocycles. The van der Waals surface area contributed by atoms with E-state index in [-0.39, 0.29) is 5.02 Å². The van der Waals surface area contributed by atoms with Crippen LogP contribution in [0.15, 0.2) is 24.4 Å². The van der Waals surface area contributed by atoms with Gasteiger partial charge in [-0.25, -0.2) is 4.39 Å². The molecule has 21 heavy (non-hydrogen) atoms. The van der Waals surface area contributed by atoms with E-state index in [1.165, 1.54) is 18.3 Å². The standard InChI is InChI=1S/C13H16ClFN6/c1-21(2)6-5-16-13-19-12(8-17-20-13)18-9-3-4-11(15)10(14)7-9/h3-4,7-8H,5-6H2,1-2H3,(H2,16,18,19,20). The summed E-state index contributed by atoms with van der Waals surface area (Å²) in [5.41, 5.74) is 0.626. The maximum atomic E-state index is 13.1. The molecule has 2 N–H and O–H groups in total. The Kier molecular flexibility index (Phi) is 5.24. The summed E-state index contributed by atoms with van der Waals surface area (Å²) in [6.07, 6.45) is 1.48. The molecule has 0 unspecified atom stereocenters. The van der Waals surface area contributed by atoms with Gasteiger partial charge in [0.2, 0.25) is 5.95 Å². The molecule has 0 amide bonds. The molecule has 0 radical (unpaired) electrons. The van der Waals surface area contributed by atoms with Gasteiger partial charge in [0, 0.05) is 18.8 Å². The van der Waals surface area contributed by atoms with Gasteiger partial charge < -0.3 is 15.5 Å². The fourth-order valence-corrected chi connectivity index (χ4v) is 1.73. The van der Waals surface area contributed by atoms with Crippen LogP contribution in [0.25, 0.3) is 0 Å². The quantitative estimate of drug-likeness (QED) is 0.854. The van der Waals surface area contributed by atoms with Crippen LogP contribution in [-0.4, -0.2) is 47.3 Å². The maximum Gasteiger partial charge on any atom is 0.244 e. The van der Waals surface area contributed by atoms with Crippen molar-refractivity contribution in [2.45, 2.75) is 0 Å². The maximum absolute atomic E-state index is 13.1. The van der Waals surface area contributed by atoms with Crippen molar-refractivity contribution in [3.63, 3.8) is 0 Å². The molecular weight excluding hydrogens is 295 g/mol. The molecule has 0 bridgehead atoms. The summed E-state index contributed by atoms with van der Waals surface area (Å²) in [6, 6.07) is 4.34. The number of aromatic nitrogens is 3. The van der Waals surface area contributed by atoms with Crippen LogP contribution < -0.4 is 10.6 Å². The van der Waals surface area contributed by atoms with Crippen LogP contribution in [0.4, 0.5) is 21.8 Å². The third kappa shape index (κ3) is 4.80. The first-order valence-corrected chi connectivity index (χ1v) is 6.73. The molecule has 0 aliphatic heterocycles. The molecule has 2 rings (SSSR count). The summed E-state index contributed by atoms with van der Waals surface area (Å²) in [7, 11) is 3.97. The molecule has 112 valence electrons. The Labute approximate surface area is 127 Å². The van der Waals surface area contributed by atoms with Crippen molar-refractivity contribution in [3.8, 4) is 0 Å². The van der Waals surface area contributed by atoms with E-state index in [4.69, 9.17) is 11.6 Å². The lowest BCUT2D eigenvalue weighted by Gasteiger charge is -2.11. The highest BCUT2D eigenvalue weighted by molar-refractivity contribution is 6.31. The fraction of sp³-hybridized carbons (Fsp3) is 0.308. The lowest BCUT2D eigenvalue weighted by Crippen LogP contribution is -2.21. The first-order chi connectivity index (χ1) is 10.0. The zero-order chi connectivity index (χ0) is 15.2. The summed E-state index contributed by atoms with van der Waals surface area (Å²) in [4.78, 5) is 6.31. The van der Waals surface area contributed by atoms with E-state index in [1.807, 2.05) is 19.0 Å². The number of nitrogens with zero attached hydrogens (tertiary/aromatic N) is 4. The molecule has 0 aliphatic carbocycles. The molecular formula is C13H16ClFN6. The minimum atomic E-state index is -0.464. The second-order valence-electron chi connectivity index (χ2n) is 4.65. The number of hydrogen-bond donors (Lipinski definition) is 2. The monoisotopic (exact) mass is 310 g/mol. The molecule has 1 aromatic heterocycles. The van der Waals surface area contributed by atoms with Gasteiger partial charge in [-0.05, 0) is 32.3 Å². The third-order valence-corrected chi connectivity index (χ3v) is 2.88. The molecule has 0 saturated heterocycles. The molecule has 1 heterocycles. The van der Waals surface area contributed by atoms with E-state index in [0.717, 1.165) is 6.54 Å². The highest BCUT2D eigenvalue weighted by Crippen LogP contribution is 2.21. The number of hydrogen-bond acceptors (Lipinski definition) is 6. The third-order valence-electron chi connectivity index (χ3n) is 2.59. The van der Waals surface area contributed by atoms with Crippen LogP contribution in [-0.2, 0) is 0 Å². The van der Waals surface area contributed by atoms with E-state index >= 15 is 0 Å². The molecule has 0 aliphatic rings. The summed E-state index contributed by atoms with van der Waals surface area (Å²) >= 11 is 5.73. The van der Waals surface area contributed by atoms with Gasteiger partial charge in [-0.15, -0.1) is 5.10 Å². The van der Waals surface area contributed by atoms with E-state index in [0.29, 0.717) is 24.0 Å². The largest absolute Gasteiger partial charge is 0.352 e. The average molecular weight is 311 g/mol. The van der Waals surface area contributed by atoms with E-state index in [9.17, 15) is 4.39 Å². The number of likely N-dealkylation sites (N-methyl/N-ethyl adjacent to an activating group) is 1. The number of halogens is 2. The zero-order valence-corrected chi connectivity index (χ0v) is 12.5. The first kappa shape index (κ1) is 15.4. The number of anilines is 3. The van der Waals surface area contributed by atoms with Crippen LogP contribution in [0.3, 0.4) is 0 Å². The number of benzene rings is 1. The Bertz CT molecular complexity index is 607. The Morgan fingerprint density at radius 2 is 2.14 bits per heavy atom. The van der Waals surface area contributed by atoms with E-state index in [1.54, 1.807) is 6.07 Å². The number of nitrogens with one attached hydrogen (secondary N) is 2. The second-order valence-corrected chi connectivity index (χ2v) is 5.06. The molecule has 0 atom stereocenters. The average Bonchev–Trinajstić information content (AvgIpc) is 2.43.